The van der Waals surface area contributed by atoms with Gasteiger partial charge in [0.15, 0.2) is 5.82 Å². The highest BCUT2D eigenvalue weighted by Gasteiger charge is 2.29. The Labute approximate surface area is 117 Å². The second-order valence-electron chi connectivity index (χ2n) is 4.56. The third kappa shape index (κ3) is 2.83. The van der Waals surface area contributed by atoms with Gasteiger partial charge in [-0.2, -0.15) is 5.10 Å². The molecular formula is C13H18N6O. The van der Waals surface area contributed by atoms with E-state index in [1.165, 1.54) is 11.0 Å². The first-order valence-corrected chi connectivity index (χ1v) is 6.50. The number of nitrogens with two attached hydrogens (primary N) is 1. The number of nitrogens with zero attached hydrogens (tertiary/aromatic N) is 4. The first-order chi connectivity index (χ1) is 9.59. The van der Waals surface area contributed by atoms with Crippen molar-refractivity contribution >= 4 is 11.6 Å². The number of hydrogen-bond acceptors (Lipinski definition) is 5. The van der Waals surface area contributed by atoms with Gasteiger partial charge in [-0.25, -0.2) is 14.6 Å². The maximum absolute atomic E-state index is 12.1. The van der Waals surface area contributed by atoms with Gasteiger partial charge in [-0.05, 0) is 25.0 Å². The molecule has 0 atom stereocenters. The summed E-state index contributed by atoms with van der Waals surface area (Å²) in [4.78, 5) is 20.2. The number of amides is 1. The van der Waals surface area contributed by atoms with Crippen molar-refractivity contribution in [1.29, 1.82) is 0 Å². The quantitative estimate of drug-likeness (QED) is 0.851. The molecule has 0 saturated heterocycles. The molecule has 0 aliphatic carbocycles. The highest BCUT2D eigenvalue weighted by Crippen LogP contribution is 2.15. The van der Waals surface area contributed by atoms with Crippen molar-refractivity contribution in [2.45, 2.75) is 32.2 Å². The van der Waals surface area contributed by atoms with E-state index in [1.54, 1.807) is 24.7 Å². The summed E-state index contributed by atoms with van der Waals surface area (Å²) in [6.45, 7) is 3.80. The minimum atomic E-state index is -0.843. The number of anilines is 1. The van der Waals surface area contributed by atoms with E-state index >= 15 is 0 Å². The van der Waals surface area contributed by atoms with Gasteiger partial charge in [0.2, 0.25) is 5.91 Å². The molecule has 7 nitrogen and oxygen atoms in total. The summed E-state index contributed by atoms with van der Waals surface area (Å²) in [5.74, 6) is 0.434. The number of pyridine rings is 1. The lowest BCUT2D eigenvalue weighted by Crippen LogP contribution is -2.50. The molecule has 0 aliphatic heterocycles. The van der Waals surface area contributed by atoms with Gasteiger partial charge in [0.05, 0.1) is 17.4 Å². The van der Waals surface area contributed by atoms with Crippen LogP contribution in [0.2, 0.25) is 0 Å². The van der Waals surface area contributed by atoms with Crippen molar-refractivity contribution in [1.82, 2.24) is 19.7 Å². The number of nitrogens with one attached hydrogen (secondary N) is 1. The van der Waals surface area contributed by atoms with Crippen molar-refractivity contribution in [2.24, 2.45) is 5.73 Å². The standard InChI is InChI=1S/C13H18N6O/c1-3-13(14,4-2)12(20)18-10-5-6-11(16-7-10)19-9-15-8-17-19/h5-9H,3-4,14H2,1-2H3,(H,18,20). The molecule has 0 unspecified atom stereocenters. The molecule has 0 radical (unpaired) electrons. The van der Waals surface area contributed by atoms with E-state index < -0.39 is 5.54 Å². The molecule has 1 amide bonds. The molecule has 106 valence electrons. The summed E-state index contributed by atoms with van der Waals surface area (Å²) in [5.41, 5.74) is 5.80. The average molecular weight is 274 g/mol. The molecule has 2 heterocycles. The summed E-state index contributed by atoms with van der Waals surface area (Å²) >= 11 is 0. The summed E-state index contributed by atoms with van der Waals surface area (Å²) in [6, 6.07) is 3.51. The van der Waals surface area contributed by atoms with Crippen LogP contribution in [0, 0.1) is 0 Å². The highest BCUT2D eigenvalue weighted by atomic mass is 16.2. The lowest BCUT2D eigenvalue weighted by atomic mass is 9.93. The third-order valence-electron chi connectivity index (χ3n) is 3.37. The summed E-state index contributed by atoms with van der Waals surface area (Å²) in [7, 11) is 0. The largest absolute Gasteiger partial charge is 0.323 e. The number of rotatable bonds is 5. The van der Waals surface area contributed by atoms with Crippen LogP contribution in [-0.4, -0.2) is 31.2 Å². The molecule has 20 heavy (non-hydrogen) atoms. The molecule has 0 fully saturated rings. The zero-order chi connectivity index (χ0) is 14.6. The molecule has 0 aliphatic rings. The molecule has 0 saturated carbocycles. The van der Waals surface area contributed by atoms with Gasteiger partial charge in [-0.15, -0.1) is 0 Å². The Kier molecular flexibility index (Phi) is 4.09. The first-order valence-electron chi connectivity index (χ1n) is 6.50. The van der Waals surface area contributed by atoms with Crippen LogP contribution in [0.4, 0.5) is 5.69 Å². The minimum absolute atomic E-state index is 0.196. The monoisotopic (exact) mass is 274 g/mol. The van der Waals surface area contributed by atoms with Crippen LogP contribution in [0.5, 0.6) is 0 Å². The van der Waals surface area contributed by atoms with Crippen LogP contribution in [0.1, 0.15) is 26.7 Å². The smallest absolute Gasteiger partial charge is 0.244 e. The van der Waals surface area contributed by atoms with Crippen LogP contribution in [0.25, 0.3) is 5.82 Å². The lowest BCUT2D eigenvalue weighted by molar-refractivity contribution is -0.121. The summed E-state index contributed by atoms with van der Waals surface area (Å²) in [5, 5.41) is 6.76. The maximum atomic E-state index is 12.1. The first kappa shape index (κ1) is 14.1. The molecule has 7 heteroatoms. The maximum Gasteiger partial charge on any atom is 0.244 e. The highest BCUT2D eigenvalue weighted by molar-refractivity contribution is 5.97. The van der Waals surface area contributed by atoms with Crippen LogP contribution < -0.4 is 11.1 Å². The van der Waals surface area contributed by atoms with Crippen molar-refractivity contribution in [3.63, 3.8) is 0 Å². The number of hydrogen-bond donors (Lipinski definition) is 2. The number of carbonyl (C=O) groups excluding carboxylic acids is 1. The van der Waals surface area contributed by atoms with Crippen molar-refractivity contribution < 1.29 is 4.79 Å². The molecule has 0 spiro atoms. The van der Waals surface area contributed by atoms with E-state index in [2.05, 4.69) is 20.4 Å². The molecule has 0 bridgehead atoms. The fourth-order valence-electron chi connectivity index (χ4n) is 1.75. The van der Waals surface area contributed by atoms with E-state index in [-0.39, 0.29) is 5.91 Å². The van der Waals surface area contributed by atoms with Gasteiger partial charge < -0.3 is 11.1 Å². The predicted octanol–water partition coefficient (Wildman–Crippen LogP) is 1.12. The fraction of sp³-hybridized carbons (Fsp3) is 0.385. The van der Waals surface area contributed by atoms with E-state index in [9.17, 15) is 4.79 Å². The van der Waals surface area contributed by atoms with Crippen LogP contribution in [-0.2, 0) is 4.79 Å². The van der Waals surface area contributed by atoms with Gasteiger partial charge in [0.25, 0.3) is 0 Å². The SMILES string of the molecule is CCC(N)(CC)C(=O)Nc1ccc(-n2cncn2)nc1. The molecule has 2 aromatic rings. The Morgan fingerprint density at radius 1 is 1.40 bits per heavy atom. The van der Waals surface area contributed by atoms with Crippen LogP contribution >= 0.6 is 0 Å². The Morgan fingerprint density at radius 3 is 2.65 bits per heavy atom. The molecule has 0 aromatic carbocycles. The van der Waals surface area contributed by atoms with Crippen molar-refractivity contribution in [2.75, 3.05) is 5.32 Å². The zero-order valence-corrected chi connectivity index (χ0v) is 11.6. The number of carbonyl (C=O) groups is 1. The lowest BCUT2D eigenvalue weighted by Gasteiger charge is -2.25. The third-order valence-corrected chi connectivity index (χ3v) is 3.37. The molecule has 2 rings (SSSR count). The van der Waals surface area contributed by atoms with Gasteiger partial charge in [0.1, 0.15) is 12.7 Å². The summed E-state index contributed by atoms with van der Waals surface area (Å²) in [6.07, 6.45) is 5.72. The van der Waals surface area contributed by atoms with E-state index in [0.717, 1.165) is 0 Å². The van der Waals surface area contributed by atoms with Gasteiger partial charge in [-0.1, -0.05) is 13.8 Å². The molecule has 3 N–H and O–H groups in total. The topological polar surface area (TPSA) is 98.7 Å². The van der Waals surface area contributed by atoms with Crippen molar-refractivity contribution in [3.8, 4) is 5.82 Å². The van der Waals surface area contributed by atoms with Crippen molar-refractivity contribution in [3.05, 3.63) is 31.0 Å². The van der Waals surface area contributed by atoms with Crippen LogP contribution in [0.15, 0.2) is 31.0 Å². The van der Waals surface area contributed by atoms with Crippen LogP contribution in [0.3, 0.4) is 0 Å². The Bertz CT molecular complexity index is 559. The van der Waals surface area contributed by atoms with E-state index in [0.29, 0.717) is 24.3 Å². The molecule has 2 aromatic heterocycles. The Balaban J connectivity index is 2.10. The molecular weight excluding hydrogens is 256 g/mol. The van der Waals surface area contributed by atoms with Gasteiger partial charge in [-0.3, -0.25) is 4.79 Å². The normalized spacial score (nSPS) is 11.3. The Morgan fingerprint density at radius 2 is 2.15 bits per heavy atom. The fourth-order valence-corrected chi connectivity index (χ4v) is 1.75. The van der Waals surface area contributed by atoms with E-state index in [1.807, 2.05) is 13.8 Å². The summed E-state index contributed by atoms with van der Waals surface area (Å²) < 4.78 is 1.54. The second-order valence-corrected chi connectivity index (χ2v) is 4.56. The second kappa shape index (κ2) is 5.79. The van der Waals surface area contributed by atoms with Gasteiger partial charge in [0, 0.05) is 0 Å². The Hall–Kier alpha value is -2.28. The number of aromatic nitrogens is 4. The predicted molar refractivity (Wildman–Crippen MR) is 75.3 cm³/mol. The van der Waals surface area contributed by atoms with E-state index in [4.69, 9.17) is 5.73 Å². The zero-order valence-electron chi connectivity index (χ0n) is 11.6. The minimum Gasteiger partial charge on any atom is -0.323 e. The van der Waals surface area contributed by atoms with Gasteiger partial charge >= 0.3 is 0 Å². The average Bonchev–Trinajstić information content (AvgIpc) is 3.01.